The van der Waals surface area contributed by atoms with Crippen LogP contribution in [0, 0.1) is 6.92 Å². The maximum Gasteiger partial charge on any atom is 0.244 e. The number of fused-ring (bicyclic) bond motifs is 4. The van der Waals surface area contributed by atoms with Crippen LogP contribution in [0.4, 0.5) is 0 Å². The molecule has 1 aliphatic rings. The van der Waals surface area contributed by atoms with Crippen molar-refractivity contribution in [3.05, 3.63) is 100 Å². The molecule has 0 spiro atoms. The first-order valence-corrected chi connectivity index (χ1v) is 12.4. The lowest BCUT2D eigenvalue weighted by atomic mass is 9.86. The van der Waals surface area contributed by atoms with Crippen molar-refractivity contribution in [2.24, 2.45) is 7.05 Å². The smallest absolute Gasteiger partial charge is 0.244 e. The van der Waals surface area contributed by atoms with Crippen molar-refractivity contribution in [1.82, 2.24) is 39.6 Å². The van der Waals surface area contributed by atoms with E-state index in [0.29, 0.717) is 34.9 Å². The lowest BCUT2D eigenvalue weighted by molar-refractivity contribution is 0.306. The number of hydrogen-bond acceptors (Lipinski definition) is 7. The topological polar surface area (TPSA) is 108 Å². The van der Waals surface area contributed by atoms with Crippen molar-refractivity contribution in [2.75, 3.05) is 0 Å². The van der Waals surface area contributed by atoms with E-state index >= 15 is 0 Å². The van der Waals surface area contributed by atoms with Crippen LogP contribution in [0.2, 0.25) is 5.02 Å². The number of aryl methyl sites for hydroxylation is 2. The number of H-pyrrole nitrogens is 1. The summed E-state index contributed by atoms with van der Waals surface area (Å²) >= 11 is 5.97. The van der Waals surface area contributed by atoms with Crippen LogP contribution in [0.5, 0.6) is 17.5 Å². The molecule has 7 rings (SSSR count). The first kappa shape index (κ1) is 22.5. The molecule has 0 unspecified atom stereocenters. The third-order valence-corrected chi connectivity index (χ3v) is 6.83. The Bertz CT molecular complexity index is 1800. The molecule has 188 valence electrons. The van der Waals surface area contributed by atoms with Crippen molar-refractivity contribution in [2.45, 2.75) is 19.4 Å². The summed E-state index contributed by atoms with van der Waals surface area (Å²) in [5.74, 6) is 2.07. The van der Waals surface area contributed by atoms with Gasteiger partial charge in [-0.15, -0.1) is 10.2 Å². The van der Waals surface area contributed by atoms with Crippen molar-refractivity contribution >= 4 is 17.2 Å². The maximum absolute atomic E-state index is 6.09. The molecule has 0 fully saturated rings. The molecule has 10 nitrogen and oxygen atoms in total. The third-order valence-electron chi connectivity index (χ3n) is 6.58. The molecule has 5 heterocycles. The Hall–Kier alpha value is -4.70. The van der Waals surface area contributed by atoms with Crippen LogP contribution in [0.25, 0.3) is 17.0 Å². The van der Waals surface area contributed by atoms with Gasteiger partial charge in [0.05, 0.1) is 17.7 Å². The number of nitrogens with zero attached hydrogens (tertiary/aromatic N) is 7. The first-order chi connectivity index (χ1) is 18.5. The summed E-state index contributed by atoms with van der Waals surface area (Å²) in [4.78, 5) is 9.51. The van der Waals surface area contributed by atoms with Gasteiger partial charge in [0.2, 0.25) is 11.8 Å². The standard InChI is InChI=1S/C27H21ClN8O2/c1-15-21-22(18-11-30-35(2)12-18)23-25-31-24(34-36(25)14-29-26(23)38-27(21)33-32-15)17-5-3-4-16(10-17)13-37-20-8-6-19(28)7-9-20/h3-12,14,22H,13H2,1-2H3,(H,32,33)/t22-/m1/s1. The lowest BCUT2D eigenvalue weighted by Gasteiger charge is -2.24. The van der Waals surface area contributed by atoms with Gasteiger partial charge in [0.25, 0.3) is 0 Å². The van der Waals surface area contributed by atoms with Crippen molar-refractivity contribution in [1.29, 1.82) is 0 Å². The number of aromatic amines is 1. The van der Waals surface area contributed by atoms with Crippen LogP contribution < -0.4 is 9.47 Å². The van der Waals surface area contributed by atoms with Crippen LogP contribution in [0.3, 0.4) is 0 Å². The minimum absolute atomic E-state index is 0.214. The number of ether oxygens (including phenoxy) is 2. The molecular formula is C27H21ClN8O2. The van der Waals surface area contributed by atoms with E-state index in [1.165, 1.54) is 0 Å². The Labute approximate surface area is 221 Å². The molecule has 0 saturated heterocycles. The molecule has 11 heteroatoms. The van der Waals surface area contributed by atoms with E-state index in [1.54, 1.807) is 27.7 Å². The minimum atomic E-state index is -0.214. The molecule has 0 radical (unpaired) electrons. The summed E-state index contributed by atoms with van der Waals surface area (Å²) in [6.45, 7) is 2.38. The van der Waals surface area contributed by atoms with Crippen molar-refractivity contribution in [3.8, 4) is 28.9 Å². The molecular weight excluding hydrogens is 504 g/mol. The molecule has 0 aliphatic carbocycles. The summed E-state index contributed by atoms with van der Waals surface area (Å²) in [5.41, 5.74) is 6.18. The number of benzene rings is 2. The molecule has 1 atom stereocenters. The number of hydrogen-bond donors (Lipinski definition) is 1. The van der Waals surface area contributed by atoms with E-state index in [0.717, 1.165) is 39.3 Å². The van der Waals surface area contributed by atoms with Crippen LogP contribution in [0.1, 0.15) is 33.9 Å². The molecule has 0 amide bonds. The highest BCUT2D eigenvalue weighted by Crippen LogP contribution is 2.48. The van der Waals surface area contributed by atoms with E-state index in [1.807, 2.05) is 62.8 Å². The lowest BCUT2D eigenvalue weighted by Crippen LogP contribution is -2.14. The van der Waals surface area contributed by atoms with E-state index in [4.69, 9.17) is 31.2 Å². The normalized spacial score (nSPS) is 14.2. The highest BCUT2D eigenvalue weighted by Gasteiger charge is 2.37. The van der Waals surface area contributed by atoms with E-state index in [-0.39, 0.29) is 5.92 Å². The highest BCUT2D eigenvalue weighted by molar-refractivity contribution is 6.30. The summed E-state index contributed by atoms with van der Waals surface area (Å²) in [7, 11) is 1.89. The van der Waals surface area contributed by atoms with E-state index in [9.17, 15) is 0 Å². The maximum atomic E-state index is 6.09. The monoisotopic (exact) mass is 524 g/mol. The van der Waals surface area contributed by atoms with Crippen LogP contribution in [-0.2, 0) is 13.7 Å². The van der Waals surface area contributed by atoms with Crippen LogP contribution in [-0.4, -0.2) is 39.6 Å². The number of nitrogens with one attached hydrogen (secondary N) is 1. The van der Waals surface area contributed by atoms with E-state index in [2.05, 4.69) is 20.3 Å². The fourth-order valence-electron chi connectivity index (χ4n) is 4.81. The highest BCUT2D eigenvalue weighted by atomic mass is 35.5. The van der Waals surface area contributed by atoms with Gasteiger partial charge in [-0.05, 0) is 42.8 Å². The molecule has 2 aromatic carbocycles. The Balaban J connectivity index is 1.28. The summed E-state index contributed by atoms with van der Waals surface area (Å²) in [6.07, 6.45) is 5.45. The molecule has 0 bridgehead atoms. The first-order valence-electron chi connectivity index (χ1n) is 12.0. The predicted octanol–water partition coefficient (Wildman–Crippen LogP) is 5.07. The average Bonchev–Trinajstić information content (AvgIpc) is 3.66. The second-order valence-corrected chi connectivity index (χ2v) is 9.60. The van der Waals surface area contributed by atoms with Crippen molar-refractivity contribution in [3.63, 3.8) is 0 Å². The molecule has 6 aromatic rings. The molecule has 4 aromatic heterocycles. The second kappa shape index (κ2) is 8.70. The quantitative estimate of drug-likeness (QED) is 0.334. The minimum Gasteiger partial charge on any atom is -0.489 e. The summed E-state index contributed by atoms with van der Waals surface area (Å²) < 4.78 is 15.5. The predicted molar refractivity (Wildman–Crippen MR) is 140 cm³/mol. The Morgan fingerprint density at radius 1 is 1.11 bits per heavy atom. The van der Waals surface area contributed by atoms with Gasteiger partial charge in [0.1, 0.15) is 18.7 Å². The summed E-state index contributed by atoms with van der Waals surface area (Å²) in [6, 6.07) is 15.3. The van der Waals surface area contributed by atoms with Gasteiger partial charge in [-0.2, -0.15) is 5.10 Å². The molecule has 1 aliphatic heterocycles. The van der Waals surface area contributed by atoms with Crippen molar-refractivity contribution < 1.29 is 9.47 Å². The summed E-state index contributed by atoms with van der Waals surface area (Å²) in [5, 5.41) is 17.2. The second-order valence-electron chi connectivity index (χ2n) is 9.16. The average molecular weight is 525 g/mol. The largest absolute Gasteiger partial charge is 0.489 e. The van der Waals surface area contributed by atoms with Crippen LogP contribution >= 0.6 is 11.6 Å². The SMILES string of the molecule is Cc1[nH]nc2c1[C@@H](c1cnn(C)c1)c1c(ncn3nc(-c4cccc(COc5ccc(Cl)cc5)c4)nc13)O2. The van der Waals surface area contributed by atoms with Gasteiger partial charge < -0.3 is 9.47 Å². The fraction of sp³-hybridized carbons (Fsp3) is 0.148. The zero-order valence-electron chi connectivity index (χ0n) is 20.5. The Kier molecular flexibility index (Phi) is 5.15. The van der Waals surface area contributed by atoms with Gasteiger partial charge >= 0.3 is 0 Å². The number of rotatable bonds is 5. The van der Waals surface area contributed by atoms with Gasteiger partial charge in [-0.3, -0.25) is 9.78 Å². The van der Waals surface area contributed by atoms with Gasteiger partial charge in [0, 0.05) is 40.7 Å². The van der Waals surface area contributed by atoms with Gasteiger partial charge in [-0.25, -0.2) is 14.5 Å². The Morgan fingerprint density at radius 2 is 1.97 bits per heavy atom. The number of aromatic nitrogens is 8. The zero-order chi connectivity index (χ0) is 25.8. The van der Waals surface area contributed by atoms with Crippen LogP contribution in [0.15, 0.2) is 67.3 Å². The Morgan fingerprint density at radius 3 is 2.79 bits per heavy atom. The fourth-order valence-corrected chi connectivity index (χ4v) is 4.93. The molecule has 1 N–H and O–H groups in total. The van der Waals surface area contributed by atoms with E-state index < -0.39 is 0 Å². The molecule has 0 saturated carbocycles. The number of halogens is 1. The van der Waals surface area contributed by atoms with Gasteiger partial charge in [0.15, 0.2) is 11.5 Å². The zero-order valence-corrected chi connectivity index (χ0v) is 21.2. The molecule has 38 heavy (non-hydrogen) atoms. The third kappa shape index (κ3) is 3.77. The van der Waals surface area contributed by atoms with Gasteiger partial charge in [-0.1, -0.05) is 29.8 Å².